The first-order valence-electron chi connectivity index (χ1n) is 5.22. The van der Waals surface area contributed by atoms with Crippen LogP contribution in [0, 0.1) is 12.8 Å². The van der Waals surface area contributed by atoms with E-state index in [9.17, 15) is 0 Å². The third kappa shape index (κ3) is 1.69. The zero-order valence-electron chi connectivity index (χ0n) is 8.41. The normalized spacial score (nSPS) is 16.1. The third-order valence-electron chi connectivity index (χ3n) is 2.92. The van der Waals surface area contributed by atoms with Gasteiger partial charge in [0.05, 0.1) is 11.2 Å². The molecule has 1 aliphatic carbocycles. The molecule has 1 fully saturated rings. The Morgan fingerprint density at radius 2 is 2.27 bits per heavy atom. The minimum atomic E-state index is 0.844. The number of nitrogens with zero attached hydrogens (tertiary/aromatic N) is 2. The Kier molecular flexibility index (Phi) is 2.09. The topological polar surface area (TPSA) is 17.8 Å². The summed E-state index contributed by atoms with van der Waals surface area (Å²) in [7, 11) is 0. The van der Waals surface area contributed by atoms with Gasteiger partial charge in [0.1, 0.15) is 0 Å². The van der Waals surface area contributed by atoms with E-state index in [2.05, 4.69) is 50.8 Å². The molecule has 15 heavy (non-hydrogen) atoms. The first-order chi connectivity index (χ1) is 7.24. The van der Waals surface area contributed by atoms with Crippen LogP contribution in [-0.4, -0.2) is 9.78 Å². The zero-order valence-corrected chi connectivity index (χ0v) is 10.00. The second kappa shape index (κ2) is 3.34. The van der Waals surface area contributed by atoms with Gasteiger partial charge in [-0.3, -0.25) is 4.68 Å². The molecule has 0 saturated heterocycles. The lowest BCUT2D eigenvalue weighted by Crippen LogP contribution is -2.01. The number of hydrogen-bond donors (Lipinski definition) is 0. The van der Waals surface area contributed by atoms with Crippen LogP contribution in [0.2, 0.25) is 0 Å². The van der Waals surface area contributed by atoms with Gasteiger partial charge in [0.2, 0.25) is 0 Å². The molecule has 2 aromatic rings. The molecule has 0 amide bonds. The Morgan fingerprint density at radius 3 is 3.00 bits per heavy atom. The second-order valence-corrected chi connectivity index (χ2v) is 5.15. The van der Waals surface area contributed by atoms with E-state index in [0.29, 0.717) is 0 Å². The molecule has 3 rings (SSSR count). The summed E-state index contributed by atoms with van der Waals surface area (Å²) < 4.78 is 3.19. The van der Waals surface area contributed by atoms with E-state index in [1.807, 2.05) is 0 Å². The van der Waals surface area contributed by atoms with Crippen LogP contribution in [0.4, 0.5) is 0 Å². The molecule has 1 saturated carbocycles. The van der Waals surface area contributed by atoms with E-state index < -0.39 is 0 Å². The van der Waals surface area contributed by atoms with Crippen LogP contribution in [0.5, 0.6) is 0 Å². The summed E-state index contributed by atoms with van der Waals surface area (Å²) in [6.07, 6.45) is 2.70. The summed E-state index contributed by atoms with van der Waals surface area (Å²) in [6, 6.07) is 6.27. The molecule has 0 atom stereocenters. The molecule has 1 radical (unpaired) electrons. The van der Waals surface area contributed by atoms with Gasteiger partial charge in [-0.15, -0.1) is 0 Å². The molecule has 0 spiro atoms. The van der Waals surface area contributed by atoms with E-state index in [1.54, 1.807) is 0 Å². The minimum Gasteiger partial charge on any atom is -0.264 e. The zero-order chi connectivity index (χ0) is 10.4. The number of halogens is 1. The van der Waals surface area contributed by atoms with Gasteiger partial charge in [-0.25, -0.2) is 0 Å². The fourth-order valence-corrected chi connectivity index (χ4v) is 2.26. The van der Waals surface area contributed by atoms with Crippen molar-refractivity contribution >= 4 is 26.8 Å². The Labute approximate surface area is 97.4 Å². The van der Waals surface area contributed by atoms with Crippen LogP contribution in [0.25, 0.3) is 10.9 Å². The molecule has 1 aliphatic rings. The van der Waals surface area contributed by atoms with Crippen molar-refractivity contribution in [3.63, 3.8) is 0 Å². The lowest BCUT2D eigenvalue weighted by molar-refractivity contribution is 0.578. The van der Waals surface area contributed by atoms with Crippen molar-refractivity contribution in [3.8, 4) is 0 Å². The monoisotopic (exact) mass is 263 g/mol. The van der Waals surface area contributed by atoms with Gasteiger partial charge in [-0.05, 0) is 43.9 Å². The van der Waals surface area contributed by atoms with Crippen LogP contribution >= 0.6 is 15.9 Å². The van der Waals surface area contributed by atoms with Gasteiger partial charge < -0.3 is 0 Å². The van der Waals surface area contributed by atoms with E-state index >= 15 is 0 Å². The molecule has 1 aromatic carbocycles. The Bertz CT molecular complexity index is 512. The van der Waals surface area contributed by atoms with Gasteiger partial charge in [-0.2, -0.15) is 5.10 Å². The molecule has 1 aromatic heterocycles. The first kappa shape index (κ1) is 9.40. The minimum absolute atomic E-state index is 0.844. The molecule has 0 unspecified atom stereocenters. The predicted octanol–water partition coefficient (Wildman–Crippen LogP) is 3.39. The van der Waals surface area contributed by atoms with Crippen molar-refractivity contribution in [2.75, 3.05) is 0 Å². The van der Waals surface area contributed by atoms with E-state index in [1.165, 1.54) is 18.4 Å². The van der Waals surface area contributed by atoms with Crippen molar-refractivity contribution in [1.82, 2.24) is 9.78 Å². The Morgan fingerprint density at radius 1 is 1.47 bits per heavy atom. The van der Waals surface area contributed by atoms with Crippen molar-refractivity contribution in [1.29, 1.82) is 0 Å². The van der Waals surface area contributed by atoms with Crippen molar-refractivity contribution in [3.05, 3.63) is 35.3 Å². The summed E-state index contributed by atoms with van der Waals surface area (Å²) in [6.45, 7) is 5.03. The maximum atomic E-state index is 4.50. The predicted molar refractivity (Wildman–Crippen MR) is 64.6 cm³/mol. The van der Waals surface area contributed by atoms with Crippen LogP contribution in [-0.2, 0) is 6.54 Å². The largest absolute Gasteiger partial charge is 0.264 e. The smallest absolute Gasteiger partial charge is 0.0707 e. The van der Waals surface area contributed by atoms with Crippen LogP contribution in [0.1, 0.15) is 18.5 Å². The Hall–Kier alpha value is -0.830. The van der Waals surface area contributed by atoms with Gasteiger partial charge in [0.15, 0.2) is 0 Å². The highest BCUT2D eigenvalue weighted by Gasteiger charge is 2.23. The molecule has 2 nitrogen and oxygen atoms in total. The average molecular weight is 264 g/mol. The van der Waals surface area contributed by atoms with Gasteiger partial charge in [0, 0.05) is 16.4 Å². The highest BCUT2D eigenvalue weighted by atomic mass is 79.9. The summed E-state index contributed by atoms with van der Waals surface area (Å²) in [5.74, 6) is 0.844. The van der Waals surface area contributed by atoms with Crippen molar-refractivity contribution in [2.24, 2.45) is 5.92 Å². The number of benzene rings is 1. The molecule has 77 valence electrons. The maximum absolute atomic E-state index is 4.50. The summed E-state index contributed by atoms with van der Waals surface area (Å²) >= 11 is 3.47. The lowest BCUT2D eigenvalue weighted by Gasteiger charge is -2.00. The van der Waals surface area contributed by atoms with Crippen LogP contribution in [0.15, 0.2) is 22.7 Å². The molecule has 3 heteroatoms. The summed E-state index contributed by atoms with van der Waals surface area (Å²) in [5.41, 5.74) is 2.09. The van der Waals surface area contributed by atoms with Gasteiger partial charge in [0.25, 0.3) is 0 Å². The van der Waals surface area contributed by atoms with Gasteiger partial charge >= 0.3 is 0 Å². The number of aromatic nitrogens is 2. The van der Waals surface area contributed by atoms with E-state index in [0.717, 1.165) is 28.0 Å². The quantitative estimate of drug-likeness (QED) is 0.812. The van der Waals surface area contributed by atoms with Gasteiger partial charge in [-0.1, -0.05) is 15.9 Å². The average Bonchev–Trinajstić information content (AvgIpc) is 2.95. The van der Waals surface area contributed by atoms with Crippen LogP contribution in [0.3, 0.4) is 0 Å². The SMILES string of the molecule is [CH2]c1nn(CC2CC2)c2ccc(Br)cc12. The summed E-state index contributed by atoms with van der Waals surface area (Å²) in [4.78, 5) is 0. The highest BCUT2D eigenvalue weighted by molar-refractivity contribution is 9.10. The molecule has 1 heterocycles. The molecule has 0 aliphatic heterocycles. The first-order valence-corrected chi connectivity index (χ1v) is 6.01. The van der Waals surface area contributed by atoms with Crippen molar-refractivity contribution < 1.29 is 0 Å². The van der Waals surface area contributed by atoms with Crippen LogP contribution < -0.4 is 0 Å². The Balaban J connectivity index is 2.13. The molecule has 0 N–H and O–H groups in total. The summed E-state index contributed by atoms with van der Waals surface area (Å²) in [5, 5.41) is 5.65. The number of fused-ring (bicyclic) bond motifs is 1. The fraction of sp³-hybridized carbons (Fsp3) is 0.333. The molecular formula is C12H12BrN2. The highest BCUT2D eigenvalue weighted by Crippen LogP contribution is 2.32. The maximum Gasteiger partial charge on any atom is 0.0707 e. The van der Waals surface area contributed by atoms with E-state index in [4.69, 9.17) is 0 Å². The standard InChI is InChI=1S/C12H12BrN2/c1-8-11-6-10(13)4-5-12(11)15(14-8)7-9-2-3-9/h4-6,9H,1-3,7H2. The second-order valence-electron chi connectivity index (χ2n) is 4.23. The third-order valence-corrected chi connectivity index (χ3v) is 3.41. The molecule has 0 bridgehead atoms. The van der Waals surface area contributed by atoms with Crippen molar-refractivity contribution in [2.45, 2.75) is 19.4 Å². The lowest BCUT2D eigenvalue weighted by atomic mass is 10.2. The number of rotatable bonds is 2. The fourth-order valence-electron chi connectivity index (χ4n) is 1.90. The molecular weight excluding hydrogens is 252 g/mol. The number of hydrogen-bond acceptors (Lipinski definition) is 1. The van der Waals surface area contributed by atoms with E-state index in [-0.39, 0.29) is 0 Å².